The lowest BCUT2D eigenvalue weighted by atomic mass is 9.97. The molecule has 0 aliphatic carbocycles. The number of hydrogen-bond donors (Lipinski definition) is 0. The summed E-state index contributed by atoms with van der Waals surface area (Å²) in [5.41, 5.74) is 5.22. The summed E-state index contributed by atoms with van der Waals surface area (Å²) >= 11 is 0. The van der Waals surface area contributed by atoms with Gasteiger partial charge in [-0.15, -0.1) is 13.2 Å². The lowest BCUT2D eigenvalue weighted by Gasteiger charge is -2.16. The van der Waals surface area contributed by atoms with E-state index in [-0.39, 0.29) is 11.7 Å². The highest BCUT2D eigenvalue weighted by Crippen LogP contribution is 2.32. The Labute approximate surface area is 165 Å². The third kappa shape index (κ3) is 4.08. The summed E-state index contributed by atoms with van der Waals surface area (Å²) in [7, 11) is 0. The van der Waals surface area contributed by atoms with Gasteiger partial charge in [0.15, 0.2) is 0 Å². The number of fused-ring (bicyclic) bond motifs is 1. The highest BCUT2D eigenvalue weighted by molar-refractivity contribution is 6.00. The van der Waals surface area contributed by atoms with Crippen molar-refractivity contribution in [1.82, 2.24) is 9.88 Å². The van der Waals surface area contributed by atoms with Gasteiger partial charge < -0.3 is 9.64 Å². The molecule has 0 saturated carbocycles. The van der Waals surface area contributed by atoms with Gasteiger partial charge in [-0.05, 0) is 53.4 Å². The van der Waals surface area contributed by atoms with Gasteiger partial charge in [-0.25, -0.2) is 0 Å². The first-order chi connectivity index (χ1) is 13.8. The van der Waals surface area contributed by atoms with Crippen molar-refractivity contribution in [1.29, 1.82) is 0 Å². The summed E-state index contributed by atoms with van der Waals surface area (Å²) in [6, 6.07) is 13.4. The number of amides is 1. The molecule has 4 nitrogen and oxygen atoms in total. The van der Waals surface area contributed by atoms with E-state index in [0.29, 0.717) is 18.7 Å². The number of ether oxygens (including phenoxy) is 1. The zero-order valence-electron chi connectivity index (χ0n) is 15.5. The Balaban J connectivity index is 1.53. The van der Waals surface area contributed by atoms with Crippen LogP contribution in [-0.2, 0) is 13.1 Å². The van der Waals surface area contributed by atoms with Crippen molar-refractivity contribution in [2.24, 2.45) is 0 Å². The van der Waals surface area contributed by atoms with E-state index in [1.807, 2.05) is 31.2 Å². The maximum absolute atomic E-state index is 12.9. The van der Waals surface area contributed by atoms with E-state index in [4.69, 9.17) is 0 Å². The van der Waals surface area contributed by atoms with E-state index in [2.05, 4.69) is 9.72 Å². The van der Waals surface area contributed by atoms with Gasteiger partial charge in [0.2, 0.25) is 0 Å². The van der Waals surface area contributed by atoms with Crippen LogP contribution in [0.3, 0.4) is 0 Å². The Kier molecular flexibility index (Phi) is 4.74. The molecule has 0 radical (unpaired) electrons. The first kappa shape index (κ1) is 19.0. The SMILES string of the molecule is Cc1cc(-c2cccnc2)cc2c1C(=O)N(Cc1ccc(OC(F)(F)F)cc1)C2. The first-order valence-corrected chi connectivity index (χ1v) is 8.98. The number of nitrogens with zero attached hydrogens (tertiary/aromatic N) is 2. The van der Waals surface area contributed by atoms with E-state index in [9.17, 15) is 18.0 Å². The quantitative estimate of drug-likeness (QED) is 0.613. The fourth-order valence-electron chi connectivity index (χ4n) is 3.57. The predicted molar refractivity (Wildman–Crippen MR) is 101 cm³/mol. The standard InChI is InChI=1S/C22H17F3N2O2/c1-14-9-17(16-3-2-8-26-11-16)10-18-13-27(21(28)20(14)18)12-15-4-6-19(7-5-15)29-22(23,24)25/h2-11H,12-13H2,1H3. The van der Waals surface area contributed by atoms with Gasteiger partial charge in [-0.3, -0.25) is 9.78 Å². The van der Waals surface area contributed by atoms with E-state index in [1.54, 1.807) is 17.3 Å². The van der Waals surface area contributed by atoms with Crippen LogP contribution in [0.2, 0.25) is 0 Å². The number of carbonyl (C=O) groups excluding carboxylic acids is 1. The van der Waals surface area contributed by atoms with Crippen LogP contribution in [-0.4, -0.2) is 22.2 Å². The van der Waals surface area contributed by atoms with Crippen molar-refractivity contribution in [3.63, 3.8) is 0 Å². The number of alkyl halides is 3. The van der Waals surface area contributed by atoms with Gasteiger partial charge in [0.05, 0.1) is 0 Å². The van der Waals surface area contributed by atoms with Crippen LogP contribution in [0, 0.1) is 6.92 Å². The number of pyridine rings is 1. The van der Waals surface area contributed by atoms with Crippen molar-refractivity contribution < 1.29 is 22.7 Å². The highest BCUT2D eigenvalue weighted by atomic mass is 19.4. The van der Waals surface area contributed by atoms with Crippen LogP contribution in [0.25, 0.3) is 11.1 Å². The molecule has 2 aromatic carbocycles. The molecular formula is C22H17F3N2O2. The molecule has 0 spiro atoms. The first-order valence-electron chi connectivity index (χ1n) is 8.98. The lowest BCUT2D eigenvalue weighted by molar-refractivity contribution is -0.274. The summed E-state index contributed by atoms with van der Waals surface area (Å²) < 4.78 is 40.7. The summed E-state index contributed by atoms with van der Waals surface area (Å²) in [6.45, 7) is 2.66. The fraction of sp³-hybridized carbons (Fsp3) is 0.182. The Morgan fingerprint density at radius 3 is 2.52 bits per heavy atom. The molecule has 1 aliphatic heterocycles. The number of carbonyl (C=O) groups is 1. The number of benzene rings is 2. The molecule has 1 amide bonds. The van der Waals surface area contributed by atoms with Crippen LogP contribution in [0.1, 0.15) is 27.0 Å². The Morgan fingerprint density at radius 2 is 1.86 bits per heavy atom. The molecule has 1 aromatic heterocycles. The van der Waals surface area contributed by atoms with Crippen LogP contribution in [0.15, 0.2) is 60.9 Å². The van der Waals surface area contributed by atoms with E-state index in [0.717, 1.165) is 27.8 Å². The lowest BCUT2D eigenvalue weighted by Crippen LogP contribution is -2.23. The van der Waals surface area contributed by atoms with Crippen molar-refractivity contribution in [3.8, 4) is 16.9 Å². The second-order valence-corrected chi connectivity index (χ2v) is 6.92. The molecule has 0 fully saturated rings. The molecule has 0 bridgehead atoms. The van der Waals surface area contributed by atoms with Crippen LogP contribution >= 0.6 is 0 Å². The van der Waals surface area contributed by atoms with Crippen molar-refractivity contribution in [2.45, 2.75) is 26.4 Å². The smallest absolute Gasteiger partial charge is 0.406 e. The second-order valence-electron chi connectivity index (χ2n) is 6.92. The third-order valence-electron chi connectivity index (χ3n) is 4.80. The van der Waals surface area contributed by atoms with Gasteiger partial charge in [0, 0.05) is 36.6 Å². The topological polar surface area (TPSA) is 42.4 Å². The molecule has 148 valence electrons. The van der Waals surface area contributed by atoms with Crippen molar-refractivity contribution >= 4 is 5.91 Å². The molecule has 0 unspecified atom stereocenters. The zero-order valence-corrected chi connectivity index (χ0v) is 15.5. The number of halogens is 3. The minimum absolute atomic E-state index is 0.0779. The summed E-state index contributed by atoms with van der Waals surface area (Å²) in [5, 5.41) is 0. The minimum Gasteiger partial charge on any atom is -0.406 e. The molecule has 7 heteroatoms. The Bertz CT molecular complexity index is 1050. The number of hydrogen-bond acceptors (Lipinski definition) is 3. The van der Waals surface area contributed by atoms with Crippen LogP contribution < -0.4 is 4.74 Å². The highest BCUT2D eigenvalue weighted by Gasteiger charge is 2.31. The molecule has 3 aromatic rings. The average molecular weight is 398 g/mol. The van der Waals surface area contributed by atoms with E-state index < -0.39 is 6.36 Å². The largest absolute Gasteiger partial charge is 0.573 e. The number of aryl methyl sites for hydroxylation is 1. The van der Waals surface area contributed by atoms with Gasteiger partial charge in [0.25, 0.3) is 5.91 Å². The van der Waals surface area contributed by atoms with Gasteiger partial charge in [-0.2, -0.15) is 0 Å². The van der Waals surface area contributed by atoms with Gasteiger partial charge in [-0.1, -0.05) is 24.3 Å². The molecule has 2 heterocycles. The Hall–Kier alpha value is -3.35. The second kappa shape index (κ2) is 7.24. The summed E-state index contributed by atoms with van der Waals surface area (Å²) in [5.74, 6) is -0.361. The Morgan fingerprint density at radius 1 is 1.10 bits per heavy atom. The molecule has 0 saturated heterocycles. The summed E-state index contributed by atoms with van der Waals surface area (Å²) in [4.78, 5) is 18.7. The van der Waals surface area contributed by atoms with E-state index >= 15 is 0 Å². The molecule has 29 heavy (non-hydrogen) atoms. The molecule has 0 atom stereocenters. The average Bonchev–Trinajstić information content (AvgIpc) is 2.99. The normalized spacial score (nSPS) is 13.5. The van der Waals surface area contributed by atoms with E-state index in [1.165, 1.54) is 24.3 Å². The summed E-state index contributed by atoms with van der Waals surface area (Å²) in [6.07, 6.45) is -1.24. The molecule has 1 aliphatic rings. The fourth-order valence-corrected chi connectivity index (χ4v) is 3.57. The maximum Gasteiger partial charge on any atom is 0.573 e. The van der Waals surface area contributed by atoms with Crippen molar-refractivity contribution in [2.75, 3.05) is 0 Å². The third-order valence-corrected chi connectivity index (χ3v) is 4.80. The maximum atomic E-state index is 12.9. The van der Waals surface area contributed by atoms with Gasteiger partial charge >= 0.3 is 6.36 Å². The van der Waals surface area contributed by atoms with Crippen molar-refractivity contribution in [3.05, 3.63) is 83.2 Å². The van der Waals surface area contributed by atoms with Crippen LogP contribution in [0.4, 0.5) is 13.2 Å². The monoisotopic (exact) mass is 398 g/mol. The zero-order chi connectivity index (χ0) is 20.6. The molecule has 4 rings (SSSR count). The van der Waals surface area contributed by atoms with Crippen LogP contribution in [0.5, 0.6) is 5.75 Å². The molecule has 0 N–H and O–H groups in total. The van der Waals surface area contributed by atoms with Gasteiger partial charge in [0.1, 0.15) is 5.75 Å². The number of aromatic nitrogens is 1. The molecular weight excluding hydrogens is 381 g/mol. The predicted octanol–water partition coefficient (Wildman–Crippen LogP) is 5.11. The number of rotatable bonds is 4. The minimum atomic E-state index is -4.72.